The van der Waals surface area contributed by atoms with E-state index < -0.39 is 17.0 Å². The molecule has 1 fully saturated rings. The molecule has 0 aliphatic carbocycles. The normalized spacial score (nSPS) is 16.4. The largest absolute Gasteiger partial charge is 0.478 e. The van der Waals surface area contributed by atoms with Crippen LogP contribution in [-0.2, 0) is 11.0 Å². The Bertz CT molecular complexity index is 508. The van der Waals surface area contributed by atoms with E-state index in [0.717, 1.165) is 37.1 Å². The number of carboxylic acids is 1. The van der Waals surface area contributed by atoms with Crippen molar-refractivity contribution in [2.75, 3.05) is 13.1 Å². The summed E-state index contributed by atoms with van der Waals surface area (Å²) in [5, 5.41) is 9.15. The van der Waals surface area contributed by atoms with Crippen LogP contribution < -0.4 is 0 Å². The third-order valence-electron chi connectivity index (χ3n) is 3.37. The summed E-state index contributed by atoms with van der Waals surface area (Å²) >= 11 is 0. The maximum Gasteiger partial charge on any atom is 0.336 e. The monoisotopic (exact) mass is 297 g/mol. The van der Waals surface area contributed by atoms with Crippen LogP contribution in [0.5, 0.6) is 0 Å². The van der Waals surface area contributed by atoms with Crippen LogP contribution in [0.25, 0.3) is 0 Å². The summed E-state index contributed by atoms with van der Waals surface area (Å²) < 4.78 is 14.2. The Morgan fingerprint density at radius 1 is 1.20 bits per heavy atom. The highest BCUT2D eigenvalue weighted by atomic mass is 32.2. The van der Waals surface area contributed by atoms with Gasteiger partial charge in [-0.25, -0.2) is 13.3 Å². The van der Waals surface area contributed by atoms with E-state index in [1.54, 1.807) is 13.0 Å². The Kier molecular flexibility index (Phi) is 6.36. The van der Waals surface area contributed by atoms with Crippen molar-refractivity contribution in [2.24, 2.45) is 0 Å². The van der Waals surface area contributed by atoms with E-state index >= 15 is 0 Å². The number of hydrogen-bond donors (Lipinski definition) is 1. The van der Waals surface area contributed by atoms with Gasteiger partial charge in [0, 0.05) is 13.1 Å². The smallest absolute Gasteiger partial charge is 0.336 e. The molecule has 0 bridgehead atoms. The predicted molar refractivity (Wildman–Crippen MR) is 81.4 cm³/mol. The lowest BCUT2D eigenvalue weighted by molar-refractivity contribution is 0.0695. The molecule has 0 spiro atoms. The molecule has 1 aromatic rings. The number of rotatable bonds is 3. The number of hydrogen-bond acceptors (Lipinski definition) is 2. The minimum Gasteiger partial charge on any atom is -0.478 e. The first-order valence-corrected chi connectivity index (χ1v) is 8.12. The Labute approximate surface area is 123 Å². The van der Waals surface area contributed by atoms with Gasteiger partial charge in [0.05, 0.1) is 10.5 Å². The second-order valence-corrected chi connectivity index (χ2v) is 6.09. The molecular weight excluding hydrogens is 274 g/mol. The van der Waals surface area contributed by atoms with Crippen LogP contribution in [-0.4, -0.2) is 32.7 Å². The molecule has 4 nitrogen and oxygen atoms in total. The lowest BCUT2D eigenvalue weighted by Crippen LogP contribution is -2.22. The molecule has 1 saturated heterocycles. The number of carboxylic acid groups (broad SMARTS) is 1. The van der Waals surface area contributed by atoms with Gasteiger partial charge in [-0.2, -0.15) is 0 Å². The minimum atomic E-state index is -1.23. The number of carbonyl (C=O) groups is 1. The molecule has 1 aromatic carbocycles. The van der Waals surface area contributed by atoms with Gasteiger partial charge in [-0.3, -0.25) is 0 Å². The zero-order valence-corrected chi connectivity index (χ0v) is 13.4. The maximum absolute atomic E-state index is 12.3. The van der Waals surface area contributed by atoms with Gasteiger partial charge in [-0.05, 0) is 49.9 Å². The topological polar surface area (TPSA) is 57.6 Å². The van der Waals surface area contributed by atoms with Gasteiger partial charge in [0.2, 0.25) is 0 Å². The van der Waals surface area contributed by atoms with Crippen LogP contribution in [0.3, 0.4) is 0 Å². The molecule has 0 radical (unpaired) electrons. The van der Waals surface area contributed by atoms with Crippen molar-refractivity contribution in [3.63, 3.8) is 0 Å². The fraction of sp³-hybridized carbons (Fsp3) is 0.533. The number of nitrogens with zero attached hydrogens (tertiary/aromatic N) is 1. The van der Waals surface area contributed by atoms with Crippen LogP contribution >= 0.6 is 0 Å². The molecule has 1 atom stereocenters. The molecule has 112 valence electrons. The molecule has 20 heavy (non-hydrogen) atoms. The standard InChI is InChI=1S/C13H17NO3S.C2H6/c1-9-7-11(8-12(10(9)2)13(15)16)18(17)14-5-3-4-6-14;1-2/h7-8H,3-6H2,1-2H3,(H,15,16);1-2H3. The van der Waals surface area contributed by atoms with Gasteiger partial charge in [-0.15, -0.1) is 0 Å². The van der Waals surface area contributed by atoms with Crippen LogP contribution in [0, 0.1) is 13.8 Å². The van der Waals surface area contributed by atoms with E-state index in [-0.39, 0.29) is 5.56 Å². The van der Waals surface area contributed by atoms with Crippen molar-refractivity contribution in [3.8, 4) is 0 Å². The summed E-state index contributed by atoms with van der Waals surface area (Å²) in [4.78, 5) is 11.8. The first-order valence-electron chi connectivity index (χ1n) is 7.02. The van der Waals surface area contributed by atoms with Gasteiger partial charge < -0.3 is 5.11 Å². The van der Waals surface area contributed by atoms with E-state index in [1.165, 1.54) is 0 Å². The second-order valence-electron chi connectivity index (χ2n) is 4.60. The molecule has 1 N–H and O–H groups in total. The lowest BCUT2D eigenvalue weighted by atomic mass is 10.0. The van der Waals surface area contributed by atoms with E-state index in [1.807, 2.05) is 31.1 Å². The average molecular weight is 297 g/mol. The molecule has 1 unspecified atom stereocenters. The molecule has 2 rings (SSSR count). The molecule has 1 heterocycles. The van der Waals surface area contributed by atoms with Gasteiger partial charge >= 0.3 is 5.97 Å². The number of aromatic carboxylic acids is 1. The SMILES string of the molecule is CC.Cc1cc(S(=O)N2CCCC2)cc(C(=O)O)c1C. The zero-order valence-electron chi connectivity index (χ0n) is 12.6. The van der Waals surface area contributed by atoms with Crippen molar-refractivity contribution >= 4 is 17.0 Å². The highest BCUT2D eigenvalue weighted by molar-refractivity contribution is 7.82. The minimum absolute atomic E-state index is 0.248. The fourth-order valence-corrected chi connectivity index (χ4v) is 3.54. The highest BCUT2D eigenvalue weighted by Gasteiger charge is 2.21. The van der Waals surface area contributed by atoms with E-state index in [9.17, 15) is 9.00 Å². The molecule has 1 aliphatic heterocycles. The summed E-state index contributed by atoms with van der Waals surface area (Å²) in [6, 6.07) is 3.37. The van der Waals surface area contributed by atoms with Crippen molar-refractivity contribution in [1.82, 2.24) is 4.31 Å². The van der Waals surface area contributed by atoms with Crippen molar-refractivity contribution in [2.45, 2.75) is 45.4 Å². The summed E-state index contributed by atoms with van der Waals surface area (Å²) in [7, 11) is -1.23. The first-order chi connectivity index (χ1) is 9.50. The molecule has 5 heteroatoms. The summed E-state index contributed by atoms with van der Waals surface area (Å²) in [6.45, 7) is 9.28. The van der Waals surface area contributed by atoms with Crippen LogP contribution in [0.2, 0.25) is 0 Å². The van der Waals surface area contributed by atoms with E-state index in [0.29, 0.717) is 4.90 Å². The number of benzene rings is 1. The predicted octanol–water partition coefficient (Wildman–Crippen LogP) is 3.15. The molecule has 0 aromatic heterocycles. The number of aryl methyl sites for hydroxylation is 1. The highest BCUT2D eigenvalue weighted by Crippen LogP contribution is 2.22. The van der Waals surface area contributed by atoms with Crippen LogP contribution in [0.1, 0.15) is 48.2 Å². The zero-order chi connectivity index (χ0) is 15.3. The van der Waals surface area contributed by atoms with Gasteiger partial charge in [-0.1, -0.05) is 13.8 Å². The Balaban J connectivity index is 0.000000956. The second kappa shape index (κ2) is 7.55. The molecule has 0 amide bonds. The fourth-order valence-electron chi connectivity index (χ4n) is 2.15. The Hall–Kier alpha value is -1.20. The Morgan fingerprint density at radius 3 is 2.25 bits per heavy atom. The lowest BCUT2D eigenvalue weighted by Gasteiger charge is -2.15. The summed E-state index contributed by atoms with van der Waals surface area (Å²) in [6.07, 6.45) is 2.12. The third-order valence-corrected chi connectivity index (χ3v) is 4.85. The van der Waals surface area contributed by atoms with Crippen LogP contribution in [0.4, 0.5) is 0 Å². The van der Waals surface area contributed by atoms with Crippen LogP contribution in [0.15, 0.2) is 17.0 Å². The molecule has 0 saturated carbocycles. The first kappa shape index (κ1) is 16.9. The molecular formula is C15H23NO3S. The summed E-state index contributed by atoms with van der Waals surface area (Å²) in [5.41, 5.74) is 1.86. The van der Waals surface area contributed by atoms with Gasteiger partial charge in [0.25, 0.3) is 0 Å². The molecule has 1 aliphatic rings. The summed E-state index contributed by atoms with van der Waals surface area (Å²) in [5.74, 6) is -0.962. The van der Waals surface area contributed by atoms with E-state index in [2.05, 4.69) is 0 Å². The Morgan fingerprint density at radius 2 is 1.75 bits per heavy atom. The maximum atomic E-state index is 12.3. The third kappa shape index (κ3) is 3.67. The van der Waals surface area contributed by atoms with Crippen molar-refractivity contribution in [1.29, 1.82) is 0 Å². The van der Waals surface area contributed by atoms with E-state index in [4.69, 9.17) is 5.11 Å². The van der Waals surface area contributed by atoms with Crippen molar-refractivity contribution < 1.29 is 14.1 Å². The van der Waals surface area contributed by atoms with Gasteiger partial charge in [0.1, 0.15) is 11.0 Å². The van der Waals surface area contributed by atoms with Crippen molar-refractivity contribution in [3.05, 3.63) is 28.8 Å². The average Bonchev–Trinajstić information content (AvgIpc) is 2.96. The quantitative estimate of drug-likeness (QED) is 0.932. The van der Waals surface area contributed by atoms with Gasteiger partial charge in [0.15, 0.2) is 0 Å².